The van der Waals surface area contributed by atoms with Crippen molar-refractivity contribution in [2.24, 2.45) is 0 Å². The van der Waals surface area contributed by atoms with Crippen LogP contribution in [0.15, 0.2) is 24.5 Å². The normalized spacial score (nSPS) is 11.7. The first-order valence-electron chi connectivity index (χ1n) is 5.92. The topological polar surface area (TPSA) is 68.3 Å². The van der Waals surface area contributed by atoms with E-state index in [0.717, 1.165) is 18.4 Å². The Bertz CT molecular complexity index is 392. The molecule has 0 spiro atoms. The number of carbonyl (C=O) groups excluding carboxylic acids is 2. The highest BCUT2D eigenvalue weighted by Gasteiger charge is 2.14. The smallest absolute Gasteiger partial charge is 0.328 e. The Kier molecular flexibility index (Phi) is 5.84. The number of aromatic nitrogens is 1. The highest BCUT2D eigenvalue weighted by molar-refractivity contribution is 5.82. The minimum absolute atomic E-state index is 0.240. The zero-order valence-electron chi connectivity index (χ0n) is 10.7. The fourth-order valence-electron chi connectivity index (χ4n) is 1.49. The molecule has 0 radical (unpaired) electrons. The molecule has 0 saturated heterocycles. The molecule has 1 aromatic rings. The summed E-state index contributed by atoms with van der Waals surface area (Å²) in [5.74, 6) is -0.642. The van der Waals surface area contributed by atoms with Gasteiger partial charge in [-0.25, -0.2) is 4.79 Å². The van der Waals surface area contributed by atoms with Crippen molar-refractivity contribution in [2.75, 3.05) is 6.61 Å². The Labute approximate surface area is 107 Å². The van der Waals surface area contributed by atoms with Crippen molar-refractivity contribution in [1.82, 2.24) is 10.3 Å². The predicted molar refractivity (Wildman–Crippen MR) is 66.8 cm³/mol. The molecule has 0 aliphatic rings. The summed E-state index contributed by atoms with van der Waals surface area (Å²) in [6.07, 6.45) is 5.06. The van der Waals surface area contributed by atoms with E-state index < -0.39 is 12.0 Å². The Morgan fingerprint density at radius 1 is 1.39 bits per heavy atom. The second-order valence-electron chi connectivity index (χ2n) is 4.05. The molecule has 5 nitrogen and oxygen atoms in total. The Hall–Kier alpha value is -1.91. The molecule has 1 heterocycles. The van der Waals surface area contributed by atoms with E-state index in [1.54, 1.807) is 19.3 Å². The van der Waals surface area contributed by atoms with Crippen LogP contribution in [0.4, 0.5) is 0 Å². The molecule has 0 saturated carbocycles. The number of esters is 1. The summed E-state index contributed by atoms with van der Waals surface area (Å²) in [4.78, 5) is 26.1. The summed E-state index contributed by atoms with van der Waals surface area (Å²) in [7, 11) is 0. The third kappa shape index (κ3) is 5.43. The number of pyridine rings is 1. The van der Waals surface area contributed by atoms with Crippen LogP contribution in [0.5, 0.6) is 0 Å². The van der Waals surface area contributed by atoms with Crippen molar-refractivity contribution in [3.8, 4) is 0 Å². The van der Waals surface area contributed by atoms with E-state index in [1.807, 2.05) is 12.1 Å². The lowest BCUT2D eigenvalue weighted by Crippen LogP contribution is -2.38. The molecule has 0 aromatic carbocycles. The summed E-state index contributed by atoms with van der Waals surface area (Å²) in [6, 6.07) is 3.27. The summed E-state index contributed by atoms with van der Waals surface area (Å²) >= 11 is 0. The number of amides is 1. The largest absolute Gasteiger partial charge is 0.464 e. The first-order valence-corrected chi connectivity index (χ1v) is 5.92. The summed E-state index contributed by atoms with van der Waals surface area (Å²) in [5.41, 5.74) is 1.16. The van der Waals surface area contributed by atoms with Crippen LogP contribution < -0.4 is 5.32 Å². The lowest BCUT2D eigenvalue weighted by atomic mass is 10.1. The molecule has 98 valence electrons. The standard InChI is InChI=1S/C13H18N2O3/c1-10(15-11(2)16)13(17)18-9-3-4-12-5-7-14-8-6-12/h5-8,10H,3-4,9H2,1-2H3,(H,15,16). The maximum atomic E-state index is 11.4. The molecule has 1 N–H and O–H groups in total. The summed E-state index contributed by atoms with van der Waals surface area (Å²) in [5, 5.41) is 2.48. The molecule has 18 heavy (non-hydrogen) atoms. The number of ether oxygens (including phenoxy) is 1. The quantitative estimate of drug-likeness (QED) is 0.606. The van der Waals surface area contributed by atoms with Crippen LogP contribution in [0.3, 0.4) is 0 Å². The predicted octanol–water partition coefficient (Wildman–Crippen LogP) is 1.08. The Morgan fingerprint density at radius 2 is 2.06 bits per heavy atom. The molecule has 1 rings (SSSR count). The molecule has 0 aliphatic carbocycles. The van der Waals surface area contributed by atoms with Crippen LogP contribution in [0, 0.1) is 0 Å². The molecule has 1 atom stereocenters. The van der Waals surface area contributed by atoms with E-state index in [2.05, 4.69) is 10.3 Å². The van der Waals surface area contributed by atoms with Crippen LogP contribution in [0.2, 0.25) is 0 Å². The summed E-state index contributed by atoms with van der Waals surface area (Å²) < 4.78 is 5.06. The molecular weight excluding hydrogens is 232 g/mol. The van der Waals surface area contributed by atoms with Gasteiger partial charge in [-0.15, -0.1) is 0 Å². The number of rotatable bonds is 6. The zero-order valence-corrected chi connectivity index (χ0v) is 10.7. The van der Waals surface area contributed by atoms with Crippen molar-refractivity contribution >= 4 is 11.9 Å². The van der Waals surface area contributed by atoms with E-state index in [9.17, 15) is 9.59 Å². The average Bonchev–Trinajstić information content (AvgIpc) is 2.34. The number of hydrogen-bond donors (Lipinski definition) is 1. The molecule has 0 fully saturated rings. The molecule has 1 amide bonds. The van der Waals surface area contributed by atoms with Crippen molar-refractivity contribution in [3.63, 3.8) is 0 Å². The van der Waals surface area contributed by atoms with E-state index in [-0.39, 0.29) is 5.91 Å². The highest BCUT2D eigenvalue weighted by Crippen LogP contribution is 2.01. The fraction of sp³-hybridized carbons (Fsp3) is 0.462. The van der Waals surface area contributed by atoms with Gasteiger partial charge in [-0.3, -0.25) is 9.78 Å². The zero-order chi connectivity index (χ0) is 13.4. The minimum Gasteiger partial charge on any atom is -0.464 e. The lowest BCUT2D eigenvalue weighted by molar-refractivity contribution is -0.147. The van der Waals surface area contributed by atoms with Gasteiger partial charge in [0.1, 0.15) is 6.04 Å². The van der Waals surface area contributed by atoms with Gasteiger partial charge in [0.15, 0.2) is 0 Å². The number of hydrogen-bond acceptors (Lipinski definition) is 4. The lowest BCUT2D eigenvalue weighted by Gasteiger charge is -2.11. The molecule has 1 unspecified atom stereocenters. The van der Waals surface area contributed by atoms with Gasteiger partial charge in [-0.2, -0.15) is 0 Å². The van der Waals surface area contributed by atoms with Crippen molar-refractivity contribution < 1.29 is 14.3 Å². The van der Waals surface area contributed by atoms with Crippen LogP contribution in [0.1, 0.15) is 25.8 Å². The van der Waals surface area contributed by atoms with Crippen molar-refractivity contribution in [3.05, 3.63) is 30.1 Å². The minimum atomic E-state index is -0.594. The maximum absolute atomic E-state index is 11.4. The number of nitrogens with zero attached hydrogens (tertiary/aromatic N) is 1. The van der Waals surface area contributed by atoms with Crippen molar-refractivity contribution in [1.29, 1.82) is 0 Å². The van der Waals surface area contributed by atoms with Gasteiger partial charge >= 0.3 is 5.97 Å². The molecule has 0 bridgehead atoms. The van der Waals surface area contributed by atoms with Gasteiger partial charge in [0.05, 0.1) is 6.61 Å². The third-order valence-corrected chi connectivity index (χ3v) is 2.38. The third-order valence-electron chi connectivity index (χ3n) is 2.38. The highest BCUT2D eigenvalue weighted by atomic mass is 16.5. The Balaban J connectivity index is 2.18. The first-order chi connectivity index (χ1) is 8.59. The van der Waals surface area contributed by atoms with Crippen molar-refractivity contribution in [2.45, 2.75) is 32.7 Å². The molecule has 0 aliphatic heterocycles. The molecule has 1 aromatic heterocycles. The van der Waals surface area contributed by atoms with Crippen LogP contribution >= 0.6 is 0 Å². The van der Waals surface area contributed by atoms with Crippen LogP contribution in [-0.4, -0.2) is 29.5 Å². The van der Waals surface area contributed by atoms with Crippen LogP contribution in [-0.2, 0) is 20.7 Å². The van der Waals surface area contributed by atoms with Gasteiger partial charge < -0.3 is 10.1 Å². The summed E-state index contributed by atoms with van der Waals surface area (Å²) in [6.45, 7) is 3.32. The number of carbonyl (C=O) groups is 2. The second kappa shape index (κ2) is 7.42. The van der Waals surface area contributed by atoms with Crippen LogP contribution in [0.25, 0.3) is 0 Å². The maximum Gasteiger partial charge on any atom is 0.328 e. The second-order valence-corrected chi connectivity index (χ2v) is 4.05. The molecular formula is C13H18N2O3. The van der Waals surface area contributed by atoms with Gasteiger partial charge in [-0.05, 0) is 37.5 Å². The Morgan fingerprint density at radius 3 is 2.67 bits per heavy atom. The van der Waals surface area contributed by atoms with E-state index in [0.29, 0.717) is 6.61 Å². The van der Waals surface area contributed by atoms with Gasteiger partial charge in [0, 0.05) is 19.3 Å². The molecule has 5 heteroatoms. The SMILES string of the molecule is CC(=O)NC(C)C(=O)OCCCc1ccncc1. The average molecular weight is 250 g/mol. The van der Waals surface area contributed by atoms with Gasteiger partial charge in [-0.1, -0.05) is 0 Å². The van der Waals surface area contributed by atoms with E-state index in [4.69, 9.17) is 4.74 Å². The monoisotopic (exact) mass is 250 g/mol. The fourth-order valence-corrected chi connectivity index (χ4v) is 1.49. The number of nitrogens with one attached hydrogen (secondary N) is 1. The number of aryl methyl sites for hydroxylation is 1. The van der Waals surface area contributed by atoms with E-state index >= 15 is 0 Å². The van der Waals surface area contributed by atoms with Gasteiger partial charge in [0.25, 0.3) is 0 Å². The van der Waals surface area contributed by atoms with E-state index in [1.165, 1.54) is 6.92 Å². The first kappa shape index (κ1) is 14.2. The van der Waals surface area contributed by atoms with Gasteiger partial charge in [0.2, 0.25) is 5.91 Å².